The van der Waals surface area contributed by atoms with Gasteiger partial charge in [-0.05, 0) is 42.5 Å². The first-order valence-electron chi connectivity index (χ1n) is 12.5. The Kier molecular flexibility index (Phi) is 5.81. The van der Waals surface area contributed by atoms with Crippen molar-refractivity contribution in [3.8, 4) is 45.4 Å². The maximum atomic E-state index is 6.23. The van der Waals surface area contributed by atoms with Crippen molar-refractivity contribution in [3.05, 3.63) is 132 Å². The Labute approximate surface area is 234 Å². The van der Waals surface area contributed by atoms with E-state index in [0.29, 0.717) is 10.0 Å². The van der Waals surface area contributed by atoms with E-state index in [4.69, 9.17) is 28.2 Å². The van der Waals surface area contributed by atoms with Crippen LogP contribution in [0.25, 0.3) is 56.3 Å². The molecule has 0 saturated heterocycles. The monoisotopic (exact) mass is 545 g/mol. The van der Waals surface area contributed by atoms with E-state index in [1.807, 2.05) is 83.8 Å². The zero-order chi connectivity index (χ0) is 26.3. The molecule has 1 N–H and O–H groups in total. The average molecular weight is 546 g/mol. The van der Waals surface area contributed by atoms with Gasteiger partial charge >= 0.3 is 0 Å². The molecule has 0 atom stereocenters. The van der Waals surface area contributed by atoms with Crippen molar-refractivity contribution < 1.29 is 0 Å². The van der Waals surface area contributed by atoms with Crippen LogP contribution in [0.4, 0.5) is 0 Å². The number of nitrogens with zero attached hydrogens (tertiary/aromatic N) is 4. The Morgan fingerprint density at radius 2 is 1.36 bits per heavy atom. The van der Waals surface area contributed by atoms with Crippen molar-refractivity contribution in [2.24, 2.45) is 0 Å². The lowest BCUT2D eigenvalue weighted by atomic mass is 10.1. The van der Waals surface area contributed by atoms with Gasteiger partial charge in [0.05, 0.1) is 22.5 Å². The van der Waals surface area contributed by atoms with Gasteiger partial charge < -0.3 is 4.98 Å². The largest absolute Gasteiger partial charge is 0.337 e. The minimum Gasteiger partial charge on any atom is -0.337 e. The van der Waals surface area contributed by atoms with Crippen LogP contribution in [0.2, 0.25) is 10.0 Å². The maximum Gasteiger partial charge on any atom is 0.142 e. The maximum absolute atomic E-state index is 6.23. The summed E-state index contributed by atoms with van der Waals surface area (Å²) in [5, 5.41) is 2.43. The summed E-state index contributed by atoms with van der Waals surface area (Å²) in [6.45, 7) is 0. The number of aromatic nitrogens is 5. The summed E-state index contributed by atoms with van der Waals surface area (Å²) in [4.78, 5) is 13.3. The zero-order valence-corrected chi connectivity index (χ0v) is 22.1. The Balaban J connectivity index is 1.56. The normalized spacial score (nSPS) is 11.3. The predicted octanol–water partition coefficient (Wildman–Crippen LogP) is 8.85. The molecule has 3 aromatic heterocycles. The molecule has 7 rings (SSSR count). The molecule has 0 unspecified atom stereocenters. The van der Waals surface area contributed by atoms with Gasteiger partial charge in [0.2, 0.25) is 0 Å². The minimum atomic E-state index is 0.677. The lowest BCUT2D eigenvalue weighted by molar-refractivity contribution is 0.943. The van der Waals surface area contributed by atoms with E-state index >= 15 is 0 Å². The molecule has 0 amide bonds. The van der Waals surface area contributed by atoms with Crippen molar-refractivity contribution in [1.29, 1.82) is 0 Å². The number of nitrogens with one attached hydrogen (secondary N) is 1. The number of hydrogen-bond donors (Lipinski definition) is 1. The van der Waals surface area contributed by atoms with E-state index in [9.17, 15) is 0 Å². The van der Waals surface area contributed by atoms with Crippen LogP contribution >= 0.6 is 23.2 Å². The molecule has 4 aromatic carbocycles. The smallest absolute Gasteiger partial charge is 0.142 e. The van der Waals surface area contributed by atoms with Crippen LogP contribution in [0, 0.1) is 0 Å². The van der Waals surface area contributed by atoms with Gasteiger partial charge in [-0.1, -0.05) is 83.9 Å². The second-order valence-electron chi connectivity index (χ2n) is 9.18. The summed E-state index contributed by atoms with van der Waals surface area (Å²) < 4.78 is 4.29. The van der Waals surface area contributed by atoms with Gasteiger partial charge in [0.1, 0.15) is 18.0 Å². The summed E-state index contributed by atoms with van der Waals surface area (Å²) >= 11 is 12.5. The molecule has 0 aliphatic heterocycles. The van der Waals surface area contributed by atoms with E-state index in [2.05, 4.69) is 50.9 Å². The molecule has 39 heavy (non-hydrogen) atoms. The lowest BCUT2D eigenvalue weighted by Crippen LogP contribution is -2.03. The van der Waals surface area contributed by atoms with Gasteiger partial charge in [-0.15, -0.1) is 0 Å². The molecule has 0 bridgehead atoms. The standard InChI is InChI=1S/C32H21Cl2N5/c33-23-14-10-21(11-15-23)29-30(22-12-16-24(34)17-13-22)37-31(36-29)28-26-8-4-5-9-27(26)39(25-6-2-1-3-7-25)32(28)38-19-18-35-20-38/h1-20H,(H,36,37). The van der Waals surface area contributed by atoms with E-state index in [0.717, 1.165) is 56.3 Å². The third-order valence-electron chi connectivity index (χ3n) is 6.80. The van der Waals surface area contributed by atoms with Gasteiger partial charge in [-0.25, -0.2) is 9.97 Å². The molecule has 188 valence electrons. The van der Waals surface area contributed by atoms with Gasteiger partial charge in [-0.3, -0.25) is 9.13 Å². The molecule has 0 aliphatic rings. The van der Waals surface area contributed by atoms with Crippen LogP contribution in [0.5, 0.6) is 0 Å². The van der Waals surface area contributed by atoms with Gasteiger partial charge in [-0.2, -0.15) is 0 Å². The Bertz CT molecular complexity index is 1840. The molecular weight excluding hydrogens is 525 g/mol. The average Bonchev–Trinajstić information content (AvgIpc) is 3.72. The highest BCUT2D eigenvalue weighted by Gasteiger charge is 2.25. The third kappa shape index (κ3) is 4.13. The van der Waals surface area contributed by atoms with Gasteiger partial charge in [0.25, 0.3) is 0 Å². The molecule has 0 aliphatic carbocycles. The number of halogens is 2. The number of para-hydroxylation sites is 2. The number of imidazole rings is 2. The van der Waals surface area contributed by atoms with Crippen LogP contribution in [0.15, 0.2) is 122 Å². The van der Waals surface area contributed by atoms with E-state index in [1.54, 1.807) is 6.20 Å². The first kappa shape index (κ1) is 23.5. The summed E-state index contributed by atoms with van der Waals surface area (Å²) in [6.07, 6.45) is 5.57. The third-order valence-corrected chi connectivity index (χ3v) is 7.31. The Morgan fingerprint density at radius 1 is 0.692 bits per heavy atom. The molecule has 0 fully saturated rings. The van der Waals surface area contributed by atoms with E-state index in [1.165, 1.54) is 0 Å². The Hall–Kier alpha value is -4.58. The Morgan fingerprint density at radius 3 is 2.05 bits per heavy atom. The van der Waals surface area contributed by atoms with Crippen molar-refractivity contribution >= 4 is 34.1 Å². The topological polar surface area (TPSA) is 51.4 Å². The molecule has 7 heteroatoms. The highest BCUT2D eigenvalue weighted by Crippen LogP contribution is 2.41. The van der Waals surface area contributed by atoms with Crippen LogP contribution in [0.1, 0.15) is 0 Å². The molecule has 7 aromatic rings. The quantitative estimate of drug-likeness (QED) is 0.235. The fourth-order valence-corrected chi connectivity index (χ4v) is 5.31. The molecule has 0 radical (unpaired) electrons. The second-order valence-corrected chi connectivity index (χ2v) is 10.1. The number of H-pyrrole nitrogens is 1. The molecule has 0 spiro atoms. The minimum absolute atomic E-state index is 0.677. The van der Waals surface area contributed by atoms with Crippen LogP contribution < -0.4 is 0 Å². The molecular formula is C32H21Cl2N5. The molecule has 3 heterocycles. The lowest BCUT2D eigenvalue weighted by Gasteiger charge is -2.12. The first-order chi connectivity index (χ1) is 19.2. The fraction of sp³-hybridized carbons (Fsp3) is 0. The highest BCUT2D eigenvalue weighted by atomic mass is 35.5. The van der Waals surface area contributed by atoms with Crippen molar-refractivity contribution in [3.63, 3.8) is 0 Å². The van der Waals surface area contributed by atoms with Crippen LogP contribution in [-0.2, 0) is 0 Å². The zero-order valence-electron chi connectivity index (χ0n) is 20.6. The molecule has 0 saturated carbocycles. The fourth-order valence-electron chi connectivity index (χ4n) is 5.06. The SMILES string of the molecule is Clc1ccc(-c2nc(-c3c(-n4ccnc4)n(-c4ccccc4)c4ccccc34)[nH]c2-c2ccc(Cl)cc2)cc1. The summed E-state index contributed by atoms with van der Waals surface area (Å²) in [7, 11) is 0. The summed E-state index contributed by atoms with van der Waals surface area (Å²) in [5.74, 6) is 1.69. The number of fused-ring (bicyclic) bond motifs is 1. The summed E-state index contributed by atoms with van der Waals surface area (Å²) in [6, 6.07) is 34.3. The van der Waals surface area contributed by atoms with Gasteiger partial charge in [0.15, 0.2) is 0 Å². The number of aromatic amines is 1. The van der Waals surface area contributed by atoms with E-state index < -0.39 is 0 Å². The highest BCUT2D eigenvalue weighted by molar-refractivity contribution is 6.31. The number of rotatable bonds is 5. The second kappa shape index (κ2) is 9.62. The predicted molar refractivity (Wildman–Crippen MR) is 159 cm³/mol. The van der Waals surface area contributed by atoms with Crippen LogP contribution in [-0.4, -0.2) is 24.1 Å². The first-order valence-corrected chi connectivity index (χ1v) is 13.2. The molecule has 5 nitrogen and oxygen atoms in total. The van der Waals surface area contributed by atoms with Crippen molar-refractivity contribution in [2.75, 3.05) is 0 Å². The van der Waals surface area contributed by atoms with E-state index in [-0.39, 0.29) is 0 Å². The number of benzene rings is 4. The van der Waals surface area contributed by atoms with Crippen LogP contribution in [0.3, 0.4) is 0 Å². The van der Waals surface area contributed by atoms with Crippen molar-refractivity contribution in [1.82, 2.24) is 24.1 Å². The number of hydrogen-bond acceptors (Lipinski definition) is 2. The van der Waals surface area contributed by atoms with Gasteiger partial charge in [0, 0.05) is 44.6 Å². The van der Waals surface area contributed by atoms with Crippen molar-refractivity contribution in [2.45, 2.75) is 0 Å². The summed E-state index contributed by atoms with van der Waals surface area (Å²) in [5.41, 5.74) is 6.77.